The SMILES string of the molecule is CN1CCNCC1.Cc1ccc(Oc2ccc(C(c3ccc(Oc4ccc(CN5CCNCC5)cc4C(C)(F)F)cc3)(C(F)(F)F)C(F)(F)F)cc2)c(C(F)(F)F)c1. The number of hydrogen-bond acceptors (Lipinski definition) is 6. The van der Waals surface area contributed by atoms with Crippen LogP contribution in [0.5, 0.6) is 23.0 Å². The second-order valence-corrected chi connectivity index (χ2v) is 14.3. The second kappa shape index (κ2) is 17.8. The minimum Gasteiger partial charge on any atom is -0.457 e. The average molecular weight is 833 g/mol. The van der Waals surface area contributed by atoms with Crippen LogP contribution in [0.25, 0.3) is 0 Å². The topological polar surface area (TPSA) is 49.0 Å². The van der Waals surface area contributed by atoms with Crippen LogP contribution in [-0.2, 0) is 24.1 Å². The molecule has 2 saturated heterocycles. The molecule has 0 bridgehead atoms. The molecule has 0 amide bonds. The van der Waals surface area contributed by atoms with Crippen LogP contribution in [0, 0.1) is 6.92 Å². The van der Waals surface area contributed by atoms with Gasteiger partial charge in [-0.05, 0) is 79.2 Å². The molecule has 0 aliphatic carbocycles. The predicted molar refractivity (Wildman–Crippen MR) is 197 cm³/mol. The summed E-state index contributed by atoms with van der Waals surface area (Å²) in [5.74, 6) is -5.19. The van der Waals surface area contributed by atoms with E-state index in [1.165, 1.54) is 38.2 Å². The Balaban J connectivity index is 0.000000826. The monoisotopic (exact) mass is 832 g/mol. The van der Waals surface area contributed by atoms with Crippen LogP contribution in [0.2, 0.25) is 0 Å². The fourth-order valence-corrected chi connectivity index (χ4v) is 6.75. The van der Waals surface area contributed by atoms with Crippen LogP contribution in [0.4, 0.5) is 48.3 Å². The van der Waals surface area contributed by atoms with Crippen LogP contribution in [0.3, 0.4) is 0 Å². The van der Waals surface area contributed by atoms with E-state index in [4.69, 9.17) is 9.47 Å². The Hall–Kier alpha value is -4.45. The molecule has 6 rings (SSSR count). The molecular weight excluding hydrogens is 789 g/mol. The molecule has 0 atom stereocenters. The molecule has 58 heavy (non-hydrogen) atoms. The number of ether oxygens (including phenoxy) is 2. The summed E-state index contributed by atoms with van der Waals surface area (Å²) >= 11 is 0. The van der Waals surface area contributed by atoms with Gasteiger partial charge in [-0.25, -0.2) is 8.78 Å². The first kappa shape index (κ1) is 44.6. The van der Waals surface area contributed by atoms with Crippen molar-refractivity contribution < 1.29 is 57.8 Å². The largest absolute Gasteiger partial charge is 0.457 e. The van der Waals surface area contributed by atoms with Gasteiger partial charge in [0, 0.05) is 65.8 Å². The zero-order valence-electron chi connectivity index (χ0n) is 31.8. The molecule has 17 heteroatoms. The van der Waals surface area contributed by atoms with Gasteiger partial charge in [0.05, 0.1) is 11.1 Å². The third kappa shape index (κ3) is 10.6. The molecule has 2 heterocycles. The van der Waals surface area contributed by atoms with Gasteiger partial charge in [0.1, 0.15) is 23.0 Å². The quantitative estimate of drug-likeness (QED) is 0.164. The molecule has 2 aliphatic heterocycles. The lowest BCUT2D eigenvalue weighted by Gasteiger charge is -2.38. The van der Waals surface area contributed by atoms with Crippen molar-refractivity contribution in [3.63, 3.8) is 0 Å². The van der Waals surface area contributed by atoms with Crippen molar-refractivity contribution in [2.45, 2.75) is 50.3 Å². The van der Waals surface area contributed by atoms with Crippen LogP contribution in [0.1, 0.15) is 40.3 Å². The van der Waals surface area contributed by atoms with Crippen molar-refractivity contribution in [1.29, 1.82) is 0 Å². The van der Waals surface area contributed by atoms with Crippen molar-refractivity contribution in [2.24, 2.45) is 0 Å². The smallest absolute Gasteiger partial charge is 0.419 e. The molecule has 2 N–H and O–H groups in total. The van der Waals surface area contributed by atoms with Crippen LogP contribution in [0.15, 0.2) is 84.9 Å². The average Bonchev–Trinajstić information content (AvgIpc) is 3.14. The van der Waals surface area contributed by atoms with Gasteiger partial charge in [0.15, 0.2) is 0 Å². The molecule has 0 unspecified atom stereocenters. The number of benzene rings is 4. The lowest BCUT2D eigenvalue weighted by atomic mass is 9.73. The first-order valence-corrected chi connectivity index (χ1v) is 18.3. The summed E-state index contributed by atoms with van der Waals surface area (Å²) in [6, 6.07) is 12.2. The predicted octanol–water partition coefficient (Wildman–Crippen LogP) is 10.0. The summed E-state index contributed by atoms with van der Waals surface area (Å²) in [6.45, 7) is 10.0. The van der Waals surface area contributed by atoms with E-state index < -0.39 is 63.6 Å². The Labute approximate surface area is 328 Å². The summed E-state index contributed by atoms with van der Waals surface area (Å²) < 4.78 is 169. The molecule has 4 aromatic carbocycles. The van der Waals surface area contributed by atoms with Crippen molar-refractivity contribution >= 4 is 0 Å². The number of nitrogens with one attached hydrogen (secondary N) is 2. The summed E-state index contributed by atoms with van der Waals surface area (Å²) in [4.78, 5) is 4.39. The van der Waals surface area contributed by atoms with Crippen LogP contribution < -0.4 is 20.1 Å². The van der Waals surface area contributed by atoms with E-state index in [9.17, 15) is 48.3 Å². The summed E-state index contributed by atoms with van der Waals surface area (Å²) in [5.41, 5.74) is -8.07. The van der Waals surface area contributed by atoms with E-state index in [-0.39, 0.29) is 17.1 Å². The normalized spacial score (nSPS) is 16.4. The standard InChI is InChI=1S/C36H31F11N2O2.C5H12N2/c1-22-3-13-31(29(19-22)34(39,40)41)51-27-11-7-25(8-12-27)33(35(42,43)44,36(45,46)47)24-5-9-26(10-6-24)50-30-14-4-23(20-28(30)32(2,37)38)21-49-17-15-48-16-18-49;1-7-4-2-6-3-5-7/h3-14,19-20,48H,15-18,21H2,1-2H3;6H,2-5H2,1H3. The molecular formula is C41H43F11N4O2. The van der Waals surface area contributed by atoms with E-state index in [1.807, 2.05) is 0 Å². The zero-order chi connectivity index (χ0) is 42.5. The van der Waals surface area contributed by atoms with Crippen molar-refractivity contribution in [3.05, 3.63) is 118 Å². The summed E-state index contributed by atoms with van der Waals surface area (Å²) in [7, 11) is 2.15. The van der Waals surface area contributed by atoms with E-state index >= 15 is 0 Å². The zero-order valence-corrected chi connectivity index (χ0v) is 31.8. The van der Waals surface area contributed by atoms with Crippen molar-refractivity contribution in [1.82, 2.24) is 20.4 Å². The number of nitrogens with zero attached hydrogens (tertiary/aromatic N) is 2. The minimum atomic E-state index is -5.98. The van der Waals surface area contributed by atoms with E-state index in [1.54, 1.807) is 6.07 Å². The maximum atomic E-state index is 14.8. The molecule has 6 nitrogen and oxygen atoms in total. The van der Waals surface area contributed by atoms with Gasteiger partial charge in [-0.1, -0.05) is 42.0 Å². The number of aryl methyl sites for hydroxylation is 1. The molecule has 0 spiro atoms. The maximum Gasteiger partial charge on any atom is 0.419 e. The van der Waals surface area contributed by atoms with E-state index in [0.717, 1.165) is 50.4 Å². The highest BCUT2D eigenvalue weighted by molar-refractivity contribution is 5.50. The summed E-state index contributed by atoms with van der Waals surface area (Å²) in [6.07, 6.45) is -16.8. The number of rotatable bonds is 9. The molecule has 0 radical (unpaired) electrons. The third-order valence-electron chi connectivity index (χ3n) is 9.79. The second-order valence-electron chi connectivity index (χ2n) is 14.3. The maximum absolute atomic E-state index is 14.8. The highest BCUT2D eigenvalue weighted by Crippen LogP contribution is 2.56. The highest BCUT2D eigenvalue weighted by atomic mass is 19.4. The summed E-state index contributed by atoms with van der Waals surface area (Å²) in [5, 5.41) is 6.46. The van der Waals surface area contributed by atoms with E-state index in [2.05, 4.69) is 27.5 Å². The van der Waals surface area contributed by atoms with Crippen LogP contribution in [-0.4, -0.2) is 81.6 Å². The number of hydrogen-bond donors (Lipinski definition) is 2. The van der Waals surface area contributed by atoms with Gasteiger partial charge in [-0.15, -0.1) is 0 Å². The van der Waals surface area contributed by atoms with E-state index in [0.29, 0.717) is 68.5 Å². The van der Waals surface area contributed by atoms with Crippen molar-refractivity contribution in [2.75, 3.05) is 59.4 Å². The van der Waals surface area contributed by atoms with Gasteiger partial charge in [0.25, 0.3) is 5.92 Å². The Bertz CT molecular complexity index is 1930. The number of alkyl halides is 11. The Morgan fingerprint density at radius 2 is 1.02 bits per heavy atom. The molecule has 316 valence electrons. The first-order chi connectivity index (χ1) is 27.1. The molecule has 0 aromatic heterocycles. The molecule has 4 aromatic rings. The van der Waals surface area contributed by atoms with Gasteiger partial charge < -0.3 is 25.0 Å². The highest BCUT2D eigenvalue weighted by Gasteiger charge is 2.72. The molecule has 2 fully saturated rings. The number of likely N-dealkylation sites (N-methyl/N-ethyl adjacent to an activating group) is 1. The fraction of sp³-hybridized carbons (Fsp3) is 0.415. The molecule has 2 aliphatic rings. The number of halogens is 11. The lowest BCUT2D eigenvalue weighted by Crippen LogP contribution is -2.54. The van der Waals surface area contributed by atoms with Gasteiger partial charge >= 0.3 is 18.5 Å². The van der Waals surface area contributed by atoms with Crippen LogP contribution >= 0.6 is 0 Å². The Morgan fingerprint density at radius 1 is 0.569 bits per heavy atom. The minimum absolute atomic E-state index is 0.240. The fourth-order valence-electron chi connectivity index (χ4n) is 6.75. The van der Waals surface area contributed by atoms with Gasteiger partial charge in [-0.3, -0.25) is 4.90 Å². The first-order valence-electron chi connectivity index (χ1n) is 18.3. The van der Waals surface area contributed by atoms with Gasteiger partial charge in [0.2, 0.25) is 5.41 Å². The third-order valence-corrected chi connectivity index (χ3v) is 9.79. The van der Waals surface area contributed by atoms with Crippen molar-refractivity contribution in [3.8, 4) is 23.0 Å². The Morgan fingerprint density at radius 3 is 1.43 bits per heavy atom. The number of piperazine rings is 2. The lowest BCUT2D eigenvalue weighted by molar-refractivity contribution is -0.288. The Kier molecular flexibility index (Phi) is 13.7. The van der Waals surface area contributed by atoms with Gasteiger partial charge in [-0.2, -0.15) is 39.5 Å². The molecule has 0 saturated carbocycles.